The summed E-state index contributed by atoms with van der Waals surface area (Å²) >= 11 is 0. The van der Waals surface area contributed by atoms with E-state index in [1.54, 1.807) is 0 Å². The molecule has 0 radical (unpaired) electrons. The summed E-state index contributed by atoms with van der Waals surface area (Å²) in [5.74, 6) is 0.765. The predicted octanol–water partition coefficient (Wildman–Crippen LogP) is 2.04. The molecule has 5 nitrogen and oxygen atoms in total. The summed E-state index contributed by atoms with van der Waals surface area (Å²) in [6.07, 6.45) is 4.98. The van der Waals surface area contributed by atoms with Crippen molar-refractivity contribution >= 4 is 11.8 Å². The van der Waals surface area contributed by atoms with Gasteiger partial charge in [0.2, 0.25) is 0 Å². The van der Waals surface area contributed by atoms with Crippen LogP contribution in [0.25, 0.3) is 0 Å². The summed E-state index contributed by atoms with van der Waals surface area (Å²) in [6, 6.07) is 3.90. The van der Waals surface area contributed by atoms with Gasteiger partial charge < -0.3 is 10.1 Å². The molecule has 1 aliphatic heterocycles. The van der Waals surface area contributed by atoms with Gasteiger partial charge in [0.05, 0.1) is 6.61 Å². The molecule has 20 heavy (non-hydrogen) atoms. The van der Waals surface area contributed by atoms with Crippen LogP contribution < -0.4 is 5.32 Å². The molecular formula is C15H23N3O2. The second-order valence-corrected chi connectivity index (χ2v) is 5.04. The lowest BCUT2D eigenvalue weighted by Gasteiger charge is -2.33. The minimum Gasteiger partial charge on any atom is -0.465 e. The van der Waals surface area contributed by atoms with E-state index < -0.39 is 0 Å². The van der Waals surface area contributed by atoms with Crippen LogP contribution in [0.5, 0.6) is 0 Å². The second kappa shape index (κ2) is 7.24. The van der Waals surface area contributed by atoms with Gasteiger partial charge >= 0.3 is 5.97 Å². The number of carbonyl (C=O) groups is 1. The fourth-order valence-electron chi connectivity index (χ4n) is 2.59. The number of nitrogens with zero attached hydrogens (tertiary/aromatic N) is 2. The van der Waals surface area contributed by atoms with E-state index in [0.717, 1.165) is 43.7 Å². The van der Waals surface area contributed by atoms with Crippen LogP contribution in [0.4, 0.5) is 5.82 Å². The summed E-state index contributed by atoms with van der Waals surface area (Å²) in [7, 11) is 1.85. The lowest BCUT2D eigenvalue weighted by atomic mass is 10.0. The smallest absolute Gasteiger partial charge is 0.323 e. The number of pyridine rings is 1. The number of esters is 1. The molecule has 1 unspecified atom stereocenters. The van der Waals surface area contributed by atoms with Gasteiger partial charge in [-0.2, -0.15) is 0 Å². The second-order valence-electron chi connectivity index (χ2n) is 5.04. The molecule has 1 atom stereocenters. The number of ether oxygens (including phenoxy) is 1. The minimum absolute atomic E-state index is 0.0907. The molecule has 0 saturated carbocycles. The Morgan fingerprint density at radius 3 is 3.00 bits per heavy atom. The van der Waals surface area contributed by atoms with E-state index in [-0.39, 0.29) is 12.0 Å². The molecule has 1 aromatic heterocycles. The van der Waals surface area contributed by atoms with Crippen LogP contribution in [0.15, 0.2) is 18.3 Å². The lowest BCUT2D eigenvalue weighted by molar-refractivity contribution is -0.151. The number of hydrogen-bond acceptors (Lipinski definition) is 5. The van der Waals surface area contributed by atoms with E-state index in [1.165, 1.54) is 0 Å². The molecule has 0 spiro atoms. The Morgan fingerprint density at radius 2 is 2.35 bits per heavy atom. The molecule has 1 fully saturated rings. The number of rotatable bonds is 5. The van der Waals surface area contributed by atoms with Crippen LogP contribution in [0.1, 0.15) is 31.7 Å². The SMILES string of the molecule is CCOC(=O)C1CCCCN1Cc1ccc(NC)nc1. The fraction of sp³-hybridized carbons (Fsp3) is 0.600. The van der Waals surface area contributed by atoms with Gasteiger partial charge in [-0.05, 0) is 37.9 Å². The van der Waals surface area contributed by atoms with Crippen molar-refractivity contribution < 1.29 is 9.53 Å². The van der Waals surface area contributed by atoms with E-state index in [1.807, 2.05) is 26.2 Å². The van der Waals surface area contributed by atoms with Crippen LogP contribution in [0, 0.1) is 0 Å². The molecule has 1 N–H and O–H groups in total. The zero-order valence-corrected chi connectivity index (χ0v) is 12.3. The monoisotopic (exact) mass is 277 g/mol. The number of aromatic nitrogens is 1. The number of carbonyl (C=O) groups excluding carboxylic acids is 1. The zero-order chi connectivity index (χ0) is 14.4. The Hall–Kier alpha value is -1.62. The Balaban J connectivity index is 2.02. The first-order valence-corrected chi connectivity index (χ1v) is 7.28. The summed E-state index contributed by atoms with van der Waals surface area (Å²) in [5, 5.41) is 3.00. The summed E-state index contributed by atoms with van der Waals surface area (Å²) in [4.78, 5) is 18.5. The first-order valence-electron chi connectivity index (χ1n) is 7.28. The molecule has 5 heteroatoms. The highest BCUT2D eigenvalue weighted by Gasteiger charge is 2.29. The average Bonchev–Trinajstić information content (AvgIpc) is 2.49. The number of nitrogens with one attached hydrogen (secondary N) is 1. The number of anilines is 1. The van der Waals surface area contributed by atoms with Gasteiger partial charge in [-0.3, -0.25) is 9.69 Å². The first kappa shape index (κ1) is 14.8. The molecule has 1 aliphatic rings. The third-order valence-corrected chi connectivity index (χ3v) is 3.64. The maximum absolute atomic E-state index is 12.0. The average molecular weight is 277 g/mol. The molecule has 1 aromatic rings. The molecule has 0 bridgehead atoms. The van der Waals surface area contributed by atoms with E-state index in [2.05, 4.69) is 21.3 Å². The van der Waals surface area contributed by atoms with Crippen LogP contribution >= 0.6 is 0 Å². The normalized spacial score (nSPS) is 19.6. The molecule has 2 heterocycles. The van der Waals surface area contributed by atoms with E-state index in [0.29, 0.717) is 6.61 Å². The molecule has 1 saturated heterocycles. The summed E-state index contributed by atoms with van der Waals surface area (Å²) in [6.45, 7) is 3.99. The number of likely N-dealkylation sites (tertiary alicyclic amines) is 1. The van der Waals surface area contributed by atoms with Crippen molar-refractivity contribution in [1.29, 1.82) is 0 Å². The fourth-order valence-corrected chi connectivity index (χ4v) is 2.59. The minimum atomic E-state index is -0.104. The molecule has 2 rings (SSSR count). The van der Waals surface area contributed by atoms with Gasteiger partial charge in [-0.15, -0.1) is 0 Å². The Kier molecular flexibility index (Phi) is 5.35. The standard InChI is InChI=1S/C15H23N3O2/c1-3-20-15(19)13-6-4-5-9-18(13)11-12-7-8-14(16-2)17-10-12/h7-8,10,13H,3-6,9,11H2,1-2H3,(H,16,17). The van der Waals surface area contributed by atoms with Gasteiger partial charge in [0, 0.05) is 19.8 Å². The van der Waals surface area contributed by atoms with Crippen molar-refractivity contribution in [2.24, 2.45) is 0 Å². The molecule has 0 aliphatic carbocycles. The zero-order valence-electron chi connectivity index (χ0n) is 12.3. The Bertz CT molecular complexity index is 433. The Morgan fingerprint density at radius 1 is 1.50 bits per heavy atom. The topological polar surface area (TPSA) is 54.5 Å². The van der Waals surface area contributed by atoms with Crippen molar-refractivity contribution in [2.75, 3.05) is 25.5 Å². The van der Waals surface area contributed by atoms with E-state index in [9.17, 15) is 4.79 Å². The summed E-state index contributed by atoms with van der Waals surface area (Å²) < 4.78 is 5.18. The van der Waals surface area contributed by atoms with Crippen LogP contribution in [0.3, 0.4) is 0 Å². The first-order chi connectivity index (χ1) is 9.74. The maximum atomic E-state index is 12.0. The van der Waals surface area contributed by atoms with Crippen LogP contribution in [-0.2, 0) is 16.1 Å². The van der Waals surface area contributed by atoms with Gasteiger partial charge in [0.1, 0.15) is 11.9 Å². The van der Waals surface area contributed by atoms with Gasteiger partial charge in [-0.1, -0.05) is 12.5 Å². The largest absolute Gasteiger partial charge is 0.465 e. The van der Waals surface area contributed by atoms with Crippen molar-refractivity contribution in [3.05, 3.63) is 23.9 Å². The molecular weight excluding hydrogens is 254 g/mol. The predicted molar refractivity (Wildman–Crippen MR) is 78.5 cm³/mol. The molecule has 0 amide bonds. The highest BCUT2D eigenvalue weighted by Crippen LogP contribution is 2.21. The van der Waals surface area contributed by atoms with Crippen molar-refractivity contribution in [2.45, 2.75) is 38.8 Å². The van der Waals surface area contributed by atoms with Crippen LogP contribution in [0.2, 0.25) is 0 Å². The Labute approximate surface area is 120 Å². The van der Waals surface area contributed by atoms with E-state index >= 15 is 0 Å². The highest BCUT2D eigenvalue weighted by molar-refractivity contribution is 5.75. The van der Waals surface area contributed by atoms with Gasteiger partial charge in [0.25, 0.3) is 0 Å². The third kappa shape index (κ3) is 3.70. The van der Waals surface area contributed by atoms with E-state index in [4.69, 9.17) is 4.74 Å². The summed E-state index contributed by atoms with van der Waals surface area (Å²) in [5.41, 5.74) is 1.13. The van der Waals surface area contributed by atoms with Crippen LogP contribution in [-0.4, -0.2) is 42.1 Å². The van der Waals surface area contributed by atoms with Gasteiger partial charge in [-0.25, -0.2) is 4.98 Å². The maximum Gasteiger partial charge on any atom is 0.323 e. The van der Waals surface area contributed by atoms with Gasteiger partial charge in [0.15, 0.2) is 0 Å². The number of piperidine rings is 1. The van der Waals surface area contributed by atoms with Crippen molar-refractivity contribution in [3.8, 4) is 0 Å². The highest BCUT2D eigenvalue weighted by atomic mass is 16.5. The third-order valence-electron chi connectivity index (χ3n) is 3.64. The van der Waals surface area contributed by atoms with Crippen molar-refractivity contribution in [1.82, 2.24) is 9.88 Å². The molecule has 110 valence electrons. The molecule has 0 aromatic carbocycles. The number of hydrogen-bond donors (Lipinski definition) is 1. The quantitative estimate of drug-likeness (QED) is 0.835. The van der Waals surface area contributed by atoms with Crippen molar-refractivity contribution in [3.63, 3.8) is 0 Å². The lowest BCUT2D eigenvalue weighted by Crippen LogP contribution is -2.44.